The first-order chi connectivity index (χ1) is 9.12. The minimum absolute atomic E-state index is 0.133. The summed E-state index contributed by atoms with van der Waals surface area (Å²) in [6, 6.07) is 6.12. The number of thioether (sulfide) groups is 1. The van der Waals surface area contributed by atoms with Crippen molar-refractivity contribution in [1.29, 1.82) is 0 Å². The number of hydrogen-bond donors (Lipinski definition) is 1. The van der Waals surface area contributed by atoms with Gasteiger partial charge >= 0.3 is 0 Å². The SMILES string of the molecule is CCC1(CC)CSC(Nc2ccc(OC)c(C)c2)=N1. The molecule has 1 aliphatic heterocycles. The van der Waals surface area contributed by atoms with Gasteiger partial charge in [0.1, 0.15) is 5.75 Å². The van der Waals surface area contributed by atoms with Gasteiger partial charge in [-0.25, -0.2) is 0 Å². The highest BCUT2D eigenvalue weighted by Gasteiger charge is 2.32. The number of ether oxygens (including phenoxy) is 1. The molecule has 1 aromatic rings. The lowest BCUT2D eigenvalue weighted by Gasteiger charge is -2.20. The van der Waals surface area contributed by atoms with E-state index in [1.54, 1.807) is 7.11 Å². The summed E-state index contributed by atoms with van der Waals surface area (Å²) in [5, 5.41) is 4.45. The maximum Gasteiger partial charge on any atom is 0.161 e. The van der Waals surface area contributed by atoms with E-state index in [0.717, 1.165) is 40.8 Å². The van der Waals surface area contributed by atoms with E-state index in [-0.39, 0.29) is 5.54 Å². The standard InChI is InChI=1S/C15H22N2OS/c1-5-15(6-2)10-19-14(17-15)16-12-7-8-13(18-4)11(3)9-12/h7-9H,5-6,10H2,1-4H3,(H,16,17). The Balaban J connectivity index is 2.12. The fourth-order valence-corrected chi connectivity index (χ4v) is 3.57. The second-order valence-corrected chi connectivity index (χ2v) is 5.91. The third kappa shape index (κ3) is 3.06. The van der Waals surface area contributed by atoms with Crippen LogP contribution in [-0.4, -0.2) is 23.6 Å². The fourth-order valence-electron chi connectivity index (χ4n) is 2.24. The molecule has 19 heavy (non-hydrogen) atoms. The molecule has 1 N–H and O–H groups in total. The summed E-state index contributed by atoms with van der Waals surface area (Å²) in [5.74, 6) is 2.00. The van der Waals surface area contributed by atoms with Gasteiger partial charge < -0.3 is 10.1 Å². The Morgan fingerprint density at radius 1 is 1.37 bits per heavy atom. The van der Waals surface area contributed by atoms with Crippen molar-refractivity contribution in [3.8, 4) is 5.75 Å². The van der Waals surface area contributed by atoms with E-state index in [2.05, 4.69) is 32.2 Å². The summed E-state index contributed by atoms with van der Waals surface area (Å²) in [6.45, 7) is 6.48. The third-order valence-electron chi connectivity index (χ3n) is 3.78. The van der Waals surface area contributed by atoms with Crippen molar-refractivity contribution >= 4 is 22.6 Å². The van der Waals surface area contributed by atoms with Crippen LogP contribution >= 0.6 is 11.8 Å². The molecular weight excluding hydrogens is 256 g/mol. The van der Waals surface area contributed by atoms with Crippen LogP contribution in [-0.2, 0) is 0 Å². The first-order valence-electron chi connectivity index (χ1n) is 6.77. The average Bonchev–Trinajstić information content (AvgIpc) is 2.83. The van der Waals surface area contributed by atoms with Crippen LogP contribution in [0.1, 0.15) is 32.3 Å². The molecule has 0 aliphatic carbocycles. The minimum atomic E-state index is 0.133. The van der Waals surface area contributed by atoms with Crippen LogP contribution in [0, 0.1) is 6.92 Å². The van der Waals surface area contributed by atoms with Gasteiger partial charge in [-0.1, -0.05) is 25.6 Å². The highest BCUT2D eigenvalue weighted by atomic mass is 32.2. The molecule has 0 unspecified atom stereocenters. The molecule has 0 saturated heterocycles. The van der Waals surface area contributed by atoms with E-state index in [1.807, 2.05) is 23.9 Å². The van der Waals surface area contributed by atoms with Gasteiger partial charge in [-0.3, -0.25) is 4.99 Å². The topological polar surface area (TPSA) is 33.6 Å². The van der Waals surface area contributed by atoms with Gasteiger partial charge in [0.25, 0.3) is 0 Å². The van der Waals surface area contributed by atoms with E-state index in [4.69, 9.17) is 9.73 Å². The lowest BCUT2D eigenvalue weighted by Crippen LogP contribution is -2.24. The Hall–Kier alpha value is -1.16. The summed E-state index contributed by atoms with van der Waals surface area (Å²) >= 11 is 1.82. The molecule has 0 aromatic heterocycles. The van der Waals surface area contributed by atoms with Crippen molar-refractivity contribution in [3.05, 3.63) is 23.8 Å². The molecule has 0 fully saturated rings. The highest BCUT2D eigenvalue weighted by Crippen LogP contribution is 2.34. The Bertz CT molecular complexity index is 481. The van der Waals surface area contributed by atoms with Crippen LogP contribution in [0.5, 0.6) is 5.75 Å². The quantitative estimate of drug-likeness (QED) is 0.901. The van der Waals surface area contributed by atoms with Gasteiger partial charge in [-0.15, -0.1) is 0 Å². The lowest BCUT2D eigenvalue weighted by molar-refractivity contribution is 0.412. The maximum absolute atomic E-state index is 5.27. The molecule has 4 heteroatoms. The number of nitrogens with zero attached hydrogens (tertiary/aromatic N) is 1. The van der Waals surface area contributed by atoms with Crippen LogP contribution < -0.4 is 10.1 Å². The number of aryl methyl sites for hydroxylation is 1. The molecule has 2 rings (SSSR count). The predicted molar refractivity (Wildman–Crippen MR) is 84.6 cm³/mol. The Labute approximate surface area is 119 Å². The third-order valence-corrected chi connectivity index (χ3v) is 4.93. The van der Waals surface area contributed by atoms with Crippen molar-refractivity contribution in [3.63, 3.8) is 0 Å². The molecule has 0 radical (unpaired) electrons. The molecule has 0 atom stereocenters. The first-order valence-corrected chi connectivity index (χ1v) is 7.75. The number of hydrogen-bond acceptors (Lipinski definition) is 4. The van der Waals surface area contributed by atoms with E-state index >= 15 is 0 Å². The van der Waals surface area contributed by atoms with E-state index < -0.39 is 0 Å². The molecule has 3 nitrogen and oxygen atoms in total. The number of aliphatic imine (C=N–C) groups is 1. The van der Waals surface area contributed by atoms with Gasteiger partial charge in [-0.2, -0.15) is 0 Å². The zero-order chi connectivity index (χ0) is 13.9. The normalized spacial score (nSPS) is 17.2. The lowest BCUT2D eigenvalue weighted by atomic mass is 9.97. The summed E-state index contributed by atoms with van der Waals surface area (Å²) < 4.78 is 5.27. The van der Waals surface area contributed by atoms with Gasteiger partial charge in [0, 0.05) is 11.4 Å². The molecular formula is C15H22N2OS. The minimum Gasteiger partial charge on any atom is -0.496 e. The number of nitrogens with one attached hydrogen (secondary N) is 1. The molecule has 0 spiro atoms. The monoisotopic (exact) mass is 278 g/mol. The van der Waals surface area contributed by atoms with E-state index in [0.29, 0.717) is 0 Å². The average molecular weight is 278 g/mol. The predicted octanol–water partition coefficient (Wildman–Crippen LogP) is 4.08. The van der Waals surface area contributed by atoms with Gasteiger partial charge in [0.05, 0.1) is 12.6 Å². The van der Waals surface area contributed by atoms with Crippen LogP contribution in [0.3, 0.4) is 0 Å². The molecule has 0 bridgehead atoms. The Morgan fingerprint density at radius 3 is 2.63 bits per heavy atom. The smallest absolute Gasteiger partial charge is 0.161 e. The van der Waals surface area contributed by atoms with Crippen molar-refractivity contribution in [2.75, 3.05) is 18.2 Å². The van der Waals surface area contributed by atoms with E-state index in [9.17, 15) is 0 Å². The van der Waals surface area contributed by atoms with Crippen molar-refractivity contribution < 1.29 is 4.74 Å². The number of anilines is 1. The molecule has 0 amide bonds. The Morgan fingerprint density at radius 2 is 2.11 bits per heavy atom. The van der Waals surface area contributed by atoms with Crippen LogP contribution in [0.4, 0.5) is 5.69 Å². The molecule has 1 aromatic carbocycles. The summed E-state index contributed by atoms with van der Waals surface area (Å²) in [5.41, 5.74) is 2.34. The largest absolute Gasteiger partial charge is 0.496 e. The maximum atomic E-state index is 5.27. The van der Waals surface area contributed by atoms with Crippen molar-refractivity contribution in [2.24, 2.45) is 4.99 Å². The molecule has 0 saturated carbocycles. The van der Waals surface area contributed by atoms with Crippen LogP contribution in [0.25, 0.3) is 0 Å². The van der Waals surface area contributed by atoms with Gasteiger partial charge in [-0.05, 0) is 43.5 Å². The first kappa shape index (κ1) is 14.3. The van der Waals surface area contributed by atoms with Crippen LogP contribution in [0.2, 0.25) is 0 Å². The zero-order valence-corrected chi connectivity index (χ0v) is 12.9. The molecule has 1 aliphatic rings. The number of rotatable bonds is 4. The Kier molecular flexibility index (Phi) is 4.40. The van der Waals surface area contributed by atoms with Crippen LogP contribution in [0.15, 0.2) is 23.2 Å². The summed E-state index contributed by atoms with van der Waals surface area (Å²) in [6.07, 6.45) is 2.20. The summed E-state index contributed by atoms with van der Waals surface area (Å²) in [7, 11) is 1.70. The van der Waals surface area contributed by atoms with Gasteiger partial charge in [0.15, 0.2) is 5.17 Å². The number of methoxy groups -OCH3 is 1. The van der Waals surface area contributed by atoms with E-state index in [1.165, 1.54) is 0 Å². The van der Waals surface area contributed by atoms with Crippen molar-refractivity contribution in [2.45, 2.75) is 39.2 Å². The number of amidine groups is 1. The second-order valence-electron chi connectivity index (χ2n) is 4.95. The second kappa shape index (κ2) is 5.87. The zero-order valence-electron chi connectivity index (χ0n) is 12.1. The fraction of sp³-hybridized carbons (Fsp3) is 0.533. The number of benzene rings is 1. The van der Waals surface area contributed by atoms with Gasteiger partial charge in [0.2, 0.25) is 0 Å². The van der Waals surface area contributed by atoms with Crippen molar-refractivity contribution in [1.82, 2.24) is 0 Å². The summed E-state index contributed by atoms with van der Waals surface area (Å²) in [4.78, 5) is 4.86. The highest BCUT2D eigenvalue weighted by molar-refractivity contribution is 8.14. The molecule has 1 heterocycles. The molecule has 104 valence electrons.